The zero-order valence-electron chi connectivity index (χ0n) is 43.8. The summed E-state index contributed by atoms with van der Waals surface area (Å²) in [4.78, 5) is 37.9. The summed E-state index contributed by atoms with van der Waals surface area (Å²) in [6.07, 6.45) is 63.3. The summed E-state index contributed by atoms with van der Waals surface area (Å²) in [5, 5.41) is 0. The zero-order valence-corrected chi connectivity index (χ0v) is 43.8. The zero-order chi connectivity index (χ0) is 47.2. The fraction of sp³-hybridized carbons (Fsp3) is 0.881. The van der Waals surface area contributed by atoms with E-state index in [0.29, 0.717) is 19.3 Å². The lowest BCUT2D eigenvalue weighted by Gasteiger charge is -2.18. The van der Waals surface area contributed by atoms with Crippen molar-refractivity contribution in [2.24, 2.45) is 0 Å². The third kappa shape index (κ3) is 52.7. The van der Waals surface area contributed by atoms with E-state index in [2.05, 4.69) is 45.1 Å². The second-order valence-corrected chi connectivity index (χ2v) is 19.6. The van der Waals surface area contributed by atoms with Crippen LogP contribution in [0.5, 0.6) is 0 Å². The third-order valence-electron chi connectivity index (χ3n) is 13.0. The van der Waals surface area contributed by atoms with Gasteiger partial charge >= 0.3 is 17.9 Å². The number of carbonyl (C=O) groups excluding carboxylic acids is 3. The van der Waals surface area contributed by atoms with Crippen molar-refractivity contribution < 1.29 is 28.6 Å². The molecule has 6 heteroatoms. The lowest BCUT2D eigenvalue weighted by molar-refractivity contribution is -0.167. The first-order chi connectivity index (χ1) is 32.0. The van der Waals surface area contributed by atoms with Gasteiger partial charge in [0.1, 0.15) is 13.2 Å². The fourth-order valence-electron chi connectivity index (χ4n) is 8.59. The summed E-state index contributed by atoms with van der Waals surface area (Å²) in [6, 6.07) is 0. The molecule has 0 bridgehead atoms. The van der Waals surface area contributed by atoms with Gasteiger partial charge in [-0.1, -0.05) is 270 Å². The van der Waals surface area contributed by atoms with Gasteiger partial charge in [0.05, 0.1) is 0 Å². The van der Waals surface area contributed by atoms with Gasteiger partial charge < -0.3 is 14.2 Å². The molecule has 0 radical (unpaired) electrons. The van der Waals surface area contributed by atoms with E-state index >= 15 is 0 Å². The molecule has 65 heavy (non-hydrogen) atoms. The third-order valence-corrected chi connectivity index (χ3v) is 13.0. The van der Waals surface area contributed by atoms with E-state index in [9.17, 15) is 14.4 Å². The Morgan fingerprint density at radius 1 is 0.308 bits per heavy atom. The number of carbonyl (C=O) groups is 3. The van der Waals surface area contributed by atoms with Crippen LogP contribution in [0.2, 0.25) is 0 Å². The predicted molar refractivity (Wildman–Crippen MR) is 279 cm³/mol. The summed E-state index contributed by atoms with van der Waals surface area (Å²) >= 11 is 0. The maximum absolute atomic E-state index is 12.8. The molecule has 1 atom stereocenters. The van der Waals surface area contributed by atoms with Crippen LogP contribution < -0.4 is 0 Å². The molecule has 0 aliphatic heterocycles. The molecule has 0 fully saturated rings. The molecule has 0 saturated carbocycles. The Kier molecular flexibility index (Phi) is 52.7. The van der Waals surface area contributed by atoms with Gasteiger partial charge in [-0.25, -0.2) is 0 Å². The van der Waals surface area contributed by atoms with Crippen LogP contribution in [0.4, 0.5) is 0 Å². The number of hydrogen-bond donors (Lipinski definition) is 0. The van der Waals surface area contributed by atoms with Crippen LogP contribution in [-0.4, -0.2) is 37.2 Å². The molecular weight excluding hydrogens is 805 g/mol. The Balaban J connectivity index is 4.15. The number of esters is 3. The molecule has 0 aliphatic carbocycles. The topological polar surface area (TPSA) is 78.9 Å². The van der Waals surface area contributed by atoms with Crippen LogP contribution in [0, 0.1) is 0 Å². The fourth-order valence-corrected chi connectivity index (χ4v) is 8.59. The molecule has 0 N–H and O–H groups in total. The maximum atomic E-state index is 12.8. The van der Waals surface area contributed by atoms with Crippen LogP contribution in [0.3, 0.4) is 0 Å². The Morgan fingerprint density at radius 2 is 0.554 bits per heavy atom. The number of unbranched alkanes of at least 4 members (excludes halogenated alkanes) is 38. The van der Waals surface area contributed by atoms with Crippen molar-refractivity contribution in [2.75, 3.05) is 13.2 Å². The van der Waals surface area contributed by atoms with E-state index in [4.69, 9.17) is 14.2 Å². The van der Waals surface area contributed by atoms with Gasteiger partial charge in [-0.3, -0.25) is 14.4 Å². The number of hydrogen-bond acceptors (Lipinski definition) is 6. The molecule has 0 heterocycles. The standard InChI is InChI=1S/C59H110O6/c1-4-7-10-13-16-18-20-22-24-26-28-29-31-32-34-36-38-40-43-46-49-52-58(61)64-55-56(54-63-57(60)51-48-45-42-15-12-9-6-3)65-59(62)53-50-47-44-41-39-37-35-33-30-27-25-23-21-19-17-14-11-8-5-2/h17,19,23,25,56H,4-16,18,20-22,24,26-55H2,1-3H3/b19-17-,25-23-. The van der Waals surface area contributed by atoms with Crippen LogP contribution >= 0.6 is 0 Å². The quantitative estimate of drug-likeness (QED) is 0.0262. The molecule has 0 aromatic heterocycles. The van der Waals surface area contributed by atoms with Crippen LogP contribution in [-0.2, 0) is 28.6 Å². The molecular formula is C59H110O6. The number of ether oxygens (including phenoxy) is 3. The largest absolute Gasteiger partial charge is 0.462 e. The minimum Gasteiger partial charge on any atom is -0.462 e. The molecule has 0 amide bonds. The van der Waals surface area contributed by atoms with Crippen LogP contribution in [0.15, 0.2) is 24.3 Å². The van der Waals surface area contributed by atoms with Crippen molar-refractivity contribution in [3.8, 4) is 0 Å². The SMILES string of the molecule is CCCCC/C=C\C/C=C\CCCCCCCCCCCC(=O)OC(COC(=O)CCCCCCCCC)COC(=O)CCCCCCCCCCCCCCCCCCCCCCC. The average molecular weight is 916 g/mol. The summed E-state index contributed by atoms with van der Waals surface area (Å²) in [5.41, 5.74) is 0. The first kappa shape index (κ1) is 62.9. The number of rotatable bonds is 53. The molecule has 0 aromatic rings. The molecule has 382 valence electrons. The highest BCUT2D eigenvalue weighted by Gasteiger charge is 2.19. The van der Waals surface area contributed by atoms with Gasteiger partial charge in [0.15, 0.2) is 6.10 Å². The van der Waals surface area contributed by atoms with Crippen molar-refractivity contribution in [1.82, 2.24) is 0 Å². The Bertz CT molecular complexity index is 1050. The van der Waals surface area contributed by atoms with Gasteiger partial charge in [-0.15, -0.1) is 0 Å². The van der Waals surface area contributed by atoms with Crippen molar-refractivity contribution in [1.29, 1.82) is 0 Å². The van der Waals surface area contributed by atoms with Crippen LogP contribution in [0.1, 0.15) is 316 Å². The summed E-state index contributed by atoms with van der Waals surface area (Å²) in [6.45, 7) is 6.62. The summed E-state index contributed by atoms with van der Waals surface area (Å²) < 4.78 is 16.8. The normalized spacial score (nSPS) is 12.1. The first-order valence-corrected chi connectivity index (χ1v) is 28.8. The van der Waals surface area contributed by atoms with Gasteiger partial charge in [0, 0.05) is 19.3 Å². The lowest BCUT2D eigenvalue weighted by atomic mass is 10.0. The lowest BCUT2D eigenvalue weighted by Crippen LogP contribution is -2.30. The van der Waals surface area contributed by atoms with E-state index in [0.717, 1.165) is 64.2 Å². The van der Waals surface area contributed by atoms with E-state index in [-0.39, 0.29) is 31.1 Å². The molecule has 0 aliphatic rings. The van der Waals surface area contributed by atoms with Gasteiger partial charge in [0.25, 0.3) is 0 Å². The minimum atomic E-state index is -0.767. The molecule has 0 saturated heterocycles. The van der Waals surface area contributed by atoms with Crippen molar-refractivity contribution in [2.45, 2.75) is 322 Å². The van der Waals surface area contributed by atoms with Gasteiger partial charge in [0.2, 0.25) is 0 Å². The molecule has 6 nitrogen and oxygen atoms in total. The van der Waals surface area contributed by atoms with Crippen LogP contribution in [0.25, 0.3) is 0 Å². The smallest absolute Gasteiger partial charge is 0.306 e. The van der Waals surface area contributed by atoms with Gasteiger partial charge in [-0.2, -0.15) is 0 Å². The summed E-state index contributed by atoms with van der Waals surface area (Å²) in [5.74, 6) is -0.860. The minimum absolute atomic E-state index is 0.0681. The summed E-state index contributed by atoms with van der Waals surface area (Å²) in [7, 11) is 0. The second kappa shape index (κ2) is 54.5. The van der Waals surface area contributed by atoms with E-state index in [1.165, 1.54) is 212 Å². The van der Waals surface area contributed by atoms with E-state index in [1.54, 1.807) is 0 Å². The first-order valence-electron chi connectivity index (χ1n) is 28.8. The highest BCUT2D eigenvalue weighted by Crippen LogP contribution is 2.17. The monoisotopic (exact) mass is 915 g/mol. The molecule has 1 unspecified atom stereocenters. The average Bonchev–Trinajstić information content (AvgIpc) is 3.30. The number of allylic oxidation sites excluding steroid dienone is 4. The highest BCUT2D eigenvalue weighted by atomic mass is 16.6. The predicted octanol–water partition coefficient (Wildman–Crippen LogP) is 19.1. The Hall–Kier alpha value is -2.11. The van der Waals surface area contributed by atoms with Crippen molar-refractivity contribution >= 4 is 17.9 Å². The molecule has 0 aromatic carbocycles. The van der Waals surface area contributed by atoms with E-state index < -0.39 is 6.10 Å². The maximum Gasteiger partial charge on any atom is 0.306 e. The van der Waals surface area contributed by atoms with Crippen molar-refractivity contribution in [3.05, 3.63) is 24.3 Å². The Morgan fingerprint density at radius 3 is 0.877 bits per heavy atom. The Labute approximate surface area is 404 Å². The van der Waals surface area contributed by atoms with E-state index in [1.807, 2.05) is 0 Å². The van der Waals surface area contributed by atoms with Gasteiger partial charge in [-0.05, 0) is 51.4 Å². The second-order valence-electron chi connectivity index (χ2n) is 19.6. The van der Waals surface area contributed by atoms with Crippen molar-refractivity contribution in [3.63, 3.8) is 0 Å². The highest BCUT2D eigenvalue weighted by molar-refractivity contribution is 5.71. The molecule has 0 rings (SSSR count). The molecule has 0 spiro atoms.